The number of piperidine rings is 3. The number of rotatable bonds is 2. The van der Waals surface area contributed by atoms with Gasteiger partial charge >= 0.3 is 6.09 Å². The van der Waals surface area contributed by atoms with Crippen molar-refractivity contribution < 1.29 is 14.6 Å². The minimum absolute atomic E-state index is 0.139. The van der Waals surface area contributed by atoms with Crippen LogP contribution in [-0.4, -0.2) is 54.5 Å². The summed E-state index contributed by atoms with van der Waals surface area (Å²) in [4.78, 5) is 14.0. The lowest BCUT2D eigenvalue weighted by Crippen LogP contribution is -2.66. The molecule has 1 aliphatic carbocycles. The molecule has 0 radical (unpaired) electrons. The van der Waals surface area contributed by atoms with E-state index in [4.69, 9.17) is 4.74 Å². The number of aliphatic hydroxyl groups is 1. The highest BCUT2D eigenvalue weighted by Crippen LogP contribution is 2.61. The zero-order valence-electron chi connectivity index (χ0n) is 14.2. The maximum atomic E-state index is 12.1. The van der Waals surface area contributed by atoms with Crippen LogP contribution in [0.15, 0.2) is 0 Å². The van der Waals surface area contributed by atoms with Crippen molar-refractivity contribution in [1.29, 1.82) is 0 Å². The molecule has 0 unspecified atom stereocenters. The summed E-state index contributed by atoms with van der Waals surface area (Å²) in [6.45, 7) is 9.67. The molecule has 1 amide bonds. The van der Waals surface area contributed by atoms with Gasteiger partial charge in [0.1, 0.15) is 5.60 Å². The molecular formula is C17H30N2O3. The third-order valence-corrected chi connectivity index (χ3v) is 5.78. The van der Waals surface area contributed by atoms with E-state index in [9.17, 15) is 9.90 Å². The van der Waals surface area contributed by atoms with Gasteiger partial charge in [-0.3, -0.25) is 0 Å². The van der Waals surface area contributed by atoms with E-state index in [1.54, 1.807) is 0 Å². The molecule has 0 atom stereocenters. The molecule has 22 heavy (non-hydrogen) atoms. The van der Waals surface area contributed by atoms with Gasteiger partial charge < -0.3 is 20.1 Å². The van der Waals surface area contributed by atoms with E-state index in [1.807, 2.05) is 25.7 Å². The fraction of sp³-hybridized carbons (Fsp3) is 0.941. The van der Waals surface area contributed by atoms with E-state index >= 15 is 0 Å². The number of hydrogen-bond acceptors (Lipinski definition) is 4. The first-order chi connectivity index (χ1) is 10.3. The summed E-state index contributed by atoms with van der Waals surface area (Å²) in [5.74, 6) is 0.665. The second-order valence-corrected chi connectivity index (χ2v) is 8.72. The van der Waals surface area contributed by atoms with Crippen molar-refractivity contribution in [3.63, 3.8) is 0 Å². The molecule has 0 spiro atoms. The summed E-state index contributed by atoms with van der Waals surface area (Å²) in [5.41, 5.74) is 0.0795. The molecule has 2 bridgehead atoms. The van der Waals surface area contributed by atoms with Gasteiger partial charge in [-0.05, 0) is 57.8 Å². The summed E-state index contributed by atoms with van der Waals surface area (Å²) in [6, 6.07) is 0. The zero-order valence-corrected chi connectivity index (χ0v) is 14.2. The fourth-order valence-electron chi connectivity index (χ4n) is 4.87. The molecular weight excluding hydrogens is 280 g/mol. The third-order valence-electron chi connectivity index (χ3n) is 5.78. The van der Waals surface area contributed by atoms with Gasteiger partial charge in [0.2, 0.25) is 0 Å². The van der Waals surface area contributed by atoms with Gasteiger partial charge in [-0.1, -0.05) is 0 Å². The molecule has 5 heteroatoms. The number of nitrogens with one attached hydrogen (secondary N) is 1. The first kappa shape index (κ1) is 16.1. The maximum absolute atomic E-state index is 12.1. The van der Waals surface area contributed by atoms with Crippen molar-refractivity contribution in [3.05, 3.63) is 0 Å². The SMILES string of the molecule is CC(C)(C)OC(=O)N1CCC(C23CNCC(CO)(C2)C3)CC1. The van der Waals surface area contributed by atoms with Crippen LogP contribution >= 0.6 is 0 Å². The number of aliphatic hydroxyl groups excluding tert-OH is 1. The largest absolute Gasteiger partial charge is 0.444 e. The van der Waals surface area contributed by atoms with E-state index in [-0.39, 0.29) is 11.5 Å². The predicted molar refractivity (Wildman–Crippen MR) is 84.6 cm³/mol. The Morgan fingerprint density at radius 1 is 1.27 bits per heavy atom. The van der Waals surface area contributed by atoms with Crippen molar-refractivity contribution >= 4 is 6.09 Å². The highest BCUT2D eigenvalue weighted by molar-refractivity contribution is 5.68. The summed E-state index contributed by atoms with van der Waals surface area (Å²) >= 11 is 0. The lowest BCUT2D eigenvalue weighted by Gasteiger charge is -2.64. The maximum Gasteiger partial charge on any atom is 0.410 e. The number of likely N-dealkylation sites (tertiary alicyclic amines) is 1. The second-order valence-electron chi connectivity index (χ2n) is 8.72. The van der Waals surface area contributed by atoms with Crippen LogP contribution < -0.4 is 5.32 Å². The number of hydrogen-bond donors (Lipinski definition) is 2. The number of fused-ring (bicyclic) bond motifs is 2. The molecule has 4 rings (SSSR count). The van der Waals surface area contributed by atoms with Gasteiger partial charge in [-0.15, -0.1) is 0 Å². The molecule has 3 saturated heterocycles. The Hall–Kier alpha value is -0.810. The Morgan fingerprint density at radius 2 is 1.91 bits per heavy atom. The Bertz CT molecular complexity index is 430. The molecule has 4 fully saturated rings. The predicted octanol–water partition coefficient (Wildman–Crippen LogP) is 2.00. The second kappa shape index (κ2) is 5.38. The van der Waals surface area contributed by atoms with Crippen molar-refractivity contribution in [2.45, 2.75) is 52.1 Å². The standard InChI is InChI=1S/C17H30N2O3/c1-15(2,3)22-14(21)19-6-4-13(5-7-19)17-8-16(9-17,12-20)10-18-11-17/h13,18,20H,4-12H2,1-3H3. The van der Waals surface area contributed by atoms with E-state index < -0.39 is 5.60 Å². The molecule has 0 aromatic heterocycles. The topological polar surface area (TPSA) is 61.8 Å². The van der Waals surface area contributed by atoms with Crippen LogP contribution in [0.1, 0.15) is 46.5 Å². The molecule has 126 valence electrons. The number of nitrogens with zero attached hydrogens (tertiary/aromatic N) is 1. The van der Waals surface area contributed by atoms with Gasteiger partial charge in [0.25, 0.3) is 0 Å². The lowest BCUT2D eigenvalue weighted by molar-refractivity contribution is -0.146. The first-order valence-corrected chi connectivity index (χ1v) is 8.57. The van der Waals surface area contributed by atoms with Crippen LogP contribution in [0.3, 0.4) is 0 Å². The van der Waals surface area contributed by atoms with Gasteiger partial charge in [0.15, 0.2) is 0 Å². The summed E-state index contributed by atoms with van der Waals surface area (Å²) in [6.07, 6.45) is 4.25. The van der Waals surface area contributed by atoms with E-state index in [0.29, 0.717) is 17.9 Å². The fourth-order valence-corrected chi connectivity index (χ4v) is 4.87. The summed E-state index contributed by atoms with van der Waals surface area (Å²) in [5, 5.41) is 13.1. The summed E-state index contributed by atoms with van der Waals surface area (Å²) < 4.78 is 5.47. The van der Waals surface area contributed by atoms with Gasteiger partial charge in [-0.25, -0.2) is 4.79 Å². The molecule has 4 aliphatic rings. The normalized spacial score (nSPS) is 35.9. The van der Waals surface area contributed by atoms with Crippen molar-refractivity contribution in [1.82, 2.24) is 10.2 Å². The highest BCUT2D eigenvalue weighted by Gasteiger charge is 2.60. The summed E-state index contributed by atoms with van der Waals surface area (Å²) in [7, 11) is 0. The molecule has 1 saturated carbocycles. The van der Waals surface area contributed by atoms with Gasteiger partial charge in [0, 0.05) is 38.2 Å². The Morgan fingerprint density at radius 3 is 2.45 bits per heavy atom. The van der Waals surface area contributed by atoms with Crippen LogP contribution in [0.25, 0.3) is 0 Å². The van der Waals surface area contributed by atoms with E-state index in [2.05, 4.69) is 5.32 Å². The number of ether oxygens (including phenoxy) is 1. The van der Waals surface area contributed by atoms with Crippen LogP contribution in [0, 0.1) is 16.7 Å². The average molecular weight is 310 g/mol. The number of carbonyl (C=O) groups excluding carboxylic acids is 1. The van der Waals surface area contributed by atoms with Crippen molar-refractivity contribution in [2.24, 2.45) is 16.7 Å². The Labute approximate surface area is 133 Å². The third kappa shape index (κ3) is 2.85. The number of amides is 1. The van der Waals surface area contributed by atoms with Crippen LogP contribution in [0.4, 0.5) is 4.79 Å². The van der Waals surface area contributed by atoms with Crippen LogP contribution in [0.5, 0.6) is 0 Å². The lowest BCUT2D eigenvalue weighted by atomic mass is 9.45. The smallest absolute Gasteiger partial charge is 0.410 e. The monoisotopic (exact) mass is 310 g/mol. The van der Waals surface area contributed by atoms with Gasteiger partial charge in [0.05, 0.1) is 0 Å². The van der Waals surface area contributed by atoms with E-state index in [1.165, 1.54) is 0 Å². The van der Waals surface area contributed by atoms with E-state index in [0.717, 1.165) is 51.9 Å². The first-order valence-electron chi connectivity index (χ1n) is 8.57. The molecule has 5 nitrogen and oxygen atoms in total. The number of carbonyl (C=O) groups is 1. The van der Waals surface area contributed by atoms with Crippen LogP contribution in [-0.2, 0) is 4.74 Å². The quantitative estimate of drug-likeness (QED) is 0.819. The molecule has 2 N–H and O–H groups in total. The average Bonchev–Trinajstić information content (AvgIpc) is 2.45. The van der Waals surface area contributed by atoms with Gasteiger partial charge in [-0.2, -0.15) is 0 Å². The minimum atomic E-state index is -0.422. The zero-order chi connectivity index (χ0) is 16.0. The molecule has 0 aromatic rings. The van der Waals surface area contributed by atoms with Crippen molar-refractivity contribution in [3.8, 4) is 0 Å². The Balaban J connectivity index is 1.53. The molecule has 3 heterocycles. The molecule has 3 aliphatic heterocycles. The van der Waals surface area contributed by atoms with Crippen LogP contribution in [0.2, 0.25) is 0 Å². The molecule has 0 aromatic carbocycles. The van der Waals surface area contributed by atoms with Crippen molar-refractivity contribution in [2.75, 3.05) is 32.8 Å². The Kier molecular flexibility index (Phi) is 3.92. The highest BCUT2D eigenvalue weighted by atomic mass is 16.6. The minimum Gasteiger partial charge on any atom is -0.444 e.